The van der Waals surface area contributed by atoms with Gasteiger partial charge in [0, 0.05) is 16.7 Å². The van der Waals surface area contributed by atoms with Gasteiger partial charge in [0.05, 0.1) is 33.3 Å². The summed E-state index contributed by atoms with van der Waals surface area (Å²) in [6.07, 6.45) is 1.72. The highest BCUT2D eigenvalue weighted by Gasteiger charge is 2.08. The summed E-state index contributed by atoms with van der Waals surface area (Å²) in [5.41, 5.74) is 3.76. The van der Waals surface area contributed by atoms with Crippen LogP contribution in [-0.4, -0.2) is 19.2 Å². The van der Waals surface area contributed by atoms with Crippen LogP contribution in [0.5, 0.6) is 0 Å². The number of para-hydroxylation sites is 2. The number of aromatic amines is 1. The van der Waals surface area contributed by atoms with Crippen LogP contribution in [0.15, 0.2) is 77.8 Å². The molecular weight excluding hydrogens is 318 g/mol. The van der Waals surface area contributed by atoms with Crippen LogP contribution in [0, 0.1) is 0 Å². The summed E-state index contributed by atoms with van der Waals surface area (Å²) < 4.78 is 12.5. The molecule has 5 heteroatoms. The van der Waals surface area contributed by atoms with Crippen LogP contribution < -0.4 is 0 Å². The van der Waals surface area contributed by atoms with Crippen LogP contribution in [0.3, 0.4) is 0 Å². The molecule has 0 radical (unpaired) electrons. The Bertz CT molecular complexity index is 961. The second-order valence-electron chi connectivity index (χ2n) is 5.44. The molecule has 2 aromatic carbocycles. The lowest BCUT2D eigenvalue weighted by Gasteiger charge is -2.03. The zero-order valence-corrected chi connectivity index (χ0v) is 13.7. The van der Waals surface area contributed by atoms with Gasteiger partial charge in [-0.15, -0.1) is 0 Å². The SMILES string of the molecule is O=S(Cc1ccccn1)c1ccc(-c2nc3ccccc3[nH]2)cc1. The molecule has 4 nitrogen and oxygen atoms in total. The molecule has 1 N–H and O–H groups in total. The molecular formula is C19H15N3OS. The molecule has 0 bridgehead atoms. The fourth-order valence-electron chi connectivity index (χ4n) is 2.56. The van der Waals surface area contributed by atoms with Gasteiger partial charge in [-0.3, -0.25) is 9.19 Å². The van der Waals surface area contributed by atoms with Crippen LogP contribution in [0.25, 0.3) is 22.4 Å². The van der Waals surface area contributed by atoms with Crippen molar-refractivity contribution in [3.63, 3.8) is 0 Å². The Morgan fingerprint density at radius 1 is 0.917 bits per heavy atom. The zero-order chi connectivity index (χ0) is 16.4. The van der Waals surface area contributed by atoms with Crippen molar-refractivity contribution in [2.45, 2.75) is 10.6 Å². The molecule has 0 saturated heterocycles. The number of aromatic nitrogens is 3. The van der Waals surface area contributed by atoms with E-state index in [0.29, 0.717) is 5.75 Å². The molecule has 1 unspecified atom stereocenters. The Morgan fingerprint density at radius 2 is 1.71 bits per heavy atom. The van der Waals surface area contributed by atoms with E-state index in [0.717, 1.165) is 33.0 Å². The van der Waals surface area contributed by atoms with Crippen molar-refractivity contribution in [1.29, 1.82) is 0 Å². The Morgan fingerprint density at radius 3 is 2.46 bits per heavy atom. The van der Waals surface area contributed by atoms with E-state index in [1.165, 1.54) is 0 Å². The molecule has 0 spiro atoms. The molecule has 0 amide bonds. The van der Waals surface area contributed by atoms with Gasteiger partial charge >= 0.3 is 0 Å². The molecule has 4 aromatic rings. The van der Waals surface area contributed by atoms with Gasteiger partial charge in [0.2, 0.25) is 0 Å². The smallest absolute Gasteiger partial charge is 0.138 e. The maximum absolute atomic E-state index is 12.5. The molecule has 0 fully saturated rings. The highest BCUT2D eigenvalue weighted by atomic mass is 32.2. The Kier molecular flexibility index (Phi) is 3.92. The lowest BCUT2D eigenvalue weighted by molar-refractivity contribution is 0.682. The minimum Gasteiger partial charge on any atom is -0.338 e. The molecule has 4 rings (SSSR count). The number of nitrogens with zero attached hydrogens (tertiary/aromatic N) is 2. The summed E-state index contributed by atoms with van der Waals surface area (Å²) in [7, 11) is -1.11. The van der Waals surface area contributed by atoms with Gasteiger partial charge in [-0.1, -0.05) is 30.3 Å². The second-order valence-corrected chi connectivity index (χ2v) is 6.89. The molecule has 0 aliphatic carbocycles. The summed E-state index contributed by atoms with van der Waals surface area (Å²) in [5.74, 6) is 1.24. The molecule has 2 aromatic heterocycles. The van der Waals surface area contributed by atoms with Crippen molar-refractivity contribution in [3.8, 4) is 11.4 Å². The van der Waals surface area contributed by atoms with Crippen molar-refractivity contribution >= 4 is 21.8 Å². The maximum atomic E-state index is 12.5. The Hall–Kier alpha value is -2.79. The number of fused-ring (bicyclic) bond motifs is 1. The van der Waals surface area contributed by atoms with Crippen molar-refractivity contribution in [2.24, 2.45) is 0 Å². The van der Waals surface area contributed by atoms with Gasteiger partial charge in [-0.05, 0) is 36.4 Å². The van der Waals surface area contributed by atoms with Crippen molar-refractivity contribution < 1.29 is 4.21 Å². The van der Waals surface area contributed by atoms with Crippen LogP contribution in [0.4, 0.5) is 0 Å². The molecule has 118 valence electrons. The molecule has 24 heavy (non-hydrogen) atoms. The van der Waals surface area contributed by atoms with Gasteiger partial charge in [0.15, 0.2) is 0 Å². The molecule has 0 aliphatic rings. The number of hydrogen-bond acceptors (Lipinski definition) is 3. The predicted molar refractivity (Wildman–Crippen MR) is 95.9 cm³/mol. The standard InChI is InChI=1S/C19H15N3OS/c23-24(13-15-5-3-4-12-20-15)16-10-8-14(9-11-16)19-21-17-6-1-2-7-18(17)22-19/h1-12H,13H2,(H,21,22). The van der Waals surface area contributed by atoms with E-state index < -0.39 is 10.8 Å². The first-order valence-corrected chi connectivity index (χ1v) is 8.95. The summed E-state index contributed by atoms with van der Waals surface area (Å²) in [4.78, 5) is 12.9. The lowest BCUT2D eigenvalue weighted by Crippen LogP contribution is -1.98. The van der Waals surface area contributed by atoms with Crippen LogP contribution in [-0.2, 0) is 16.6 Å². The topological polar surface area (TPSA) is 58.6 Å². The van der Waals surface area contributed by atoms with Gasteiger partial charge < -0.3 is 4.98 Å². The van der Waals surface area contributed by atoms with Gasteiger partial charge in [-0.25, -0.2) is 4.98 Å². The van der Waals surface area contributed by atoms with Crippen molar-refractivity contribution in [1.82, 2.24) is 15.0 Å². The van der Waals surface area contributed by atoms with E-state index in [1.54, 1.807) is 6.20 Å². The average molecular weight is 333 g/mol. The largest absolute Gasteiger partial charge is 0.338 e. The predicted octanol–water partition coefficient (Wildman–Crippen LogP) is 3.93. The molecule has 1 atom stereocenters. The number of benzene rings is 2. The fraction of sp³-hybridized carbons (Fsp3) is 0.0526. The van der Waals surface area contributed by atoms with E-state index in [2.05, 4.69) is 15.0 Å². The van der Waals surface area contributed by atoms with E-state index in [1.807, 2.05) is 66.7 Å². The third-order valence-electron chi connectivity index (χ3n) is 3.79. The lowest BCUT2D eigenvalue weighted by atomic mass is 10.2. The first-order chi connectivity index (χ1) is 11.8. The molecule has 0 aliphatic heterocycles. The first-order valence-electron chi connectivity index (χ1n) is 7.63. The summed E-state index contributed by atoms with van der Waals surface area (Å²) in [5, 5.41) is 0. The highest BCUT2D eigenvalue weighted by molar-refractivity contribution is 7.84. The average Bonchev–Trinajstić information content (AvgIpc) is 3.07. The normalized spacial score (nSPS) is 12.3. The van der Waals surface area contributed by atoms with E-state index in [9.17, 15) is 4.21 Å². The number of hydrogen-bond donors (Lipinski definition) is 1. The number of nitrogens with one attached hydrogen (secondary N) is 1. The Labute approximate surface area is 142 Å². The number of imidazole rings is 1. The zero-order valence-electron chi connectivity index (χ0n) is 12.8. The van der Waals surface area contributed by atoms with E-state index >= 15 is 0 Å². The van der Waals surface area contributed by atoms with Crippen LogP contribution >= 0.6 is 0 Å². The molecule has 0 saturated carbocycles. The van der Waals surface area contributed by atoms with Gasteiger partial charge in [0.1, 0.15) is 5.82 Å². The summed E-state index contributed by atoms with van der Waals surface area (Å²) in [6, 6.07) is 21.3. The number of pyridine rings is 1. The fourth-order valence-corrected chi connectivity index (χ4v) is 3.60. The monoisotopic (exact) mass is 333 g/mol. The van der Waals surface area contributed by atoms with Crippen molar-refractivity contribution in [3.05, 3.63) is 78.6 Å². The minimum absolute atomic E-state index is 0.421. The Balaban J connectivity index is 1.57. The second kappa shape index (κ2) is 6.37. The summed E-state index contributed by atoms with van der Waals surface area (Å²) >= 11 is 0. The first kappa shape index (κ1) is 14.8. The van der Waals surface area contributed by atoms with E-state index in [4.69, 9.17) is 0 Å². The third-order valence-corrected chi connectivity index (χ3v) is 5.14. The highest BCUT2D eigenvalue weighted by Crippen LogP contribution is 2.22. The van der Waals surface area contributed by atoms with Crippen LogP contribution in [0.2, 0.25) is 0 Å². The van der Waals surface area contributed by atoms with Gasteiger partial charge in [0.25, 0.3) is 0 Å². The number of rotatable bonds is 4. The molecule has 2 heterocycles. The van der Waals surface area contributed by atoms with Gasteiger partial charge in [-0.2, -0.15) is 0 Å². The van der Waals surface area contributed by atoms with E-state index in [-0.39, 0.29) is 0 Å². The van der Waals surface area contributed by atoms with Crippen molar-refractivity contribution in [2.75, 3.05) is 0 Å². The quantitative estimate of drug-likeness (QED) is 0.615. The third kappa shape index (κ3) is 2.98. The van der Waals surface area contributed by atoms with Crippen LogP contribution in [0.1, 0.15) is 5.69 Å². The minimum atomic E-state index is -1.11. The summed E-state index contributed by atoms with van der Waals surface area (Å²) in [6.45, 7) is 0. The number of H-pyrrole nitrogens is 1. The maximum Gasteiger partial charge on any atom is 0.138 e.